The highest BCUT2D eigenvalue weighted by molar-refractivity contribution is 6.33. The smallest absolute Gasteiger partial charge is 0.292 e. The number of carbonyl (C=O) groups is 6. The molecule has 0 heterocycles. The largest absolute Gasteiger partial charge is 0.425 e. The molecule has 218 valence electrons. The van der Waals surface area contributed by atoms with Crippen molar-refractivity contribution in [2.45, 2.75) is 91.0 Å². The van der Waals surface area contributed by atoms with Crippen LogP contribution in [0.1, 0.15) is 85.0 Å². The lowest BCUT2D eigenvalue weighted by Gasteiger charge is -2.19. The van der Waals surface area contributed by atoms with E-state index in [2.05, 4.69) is 26.5 Å². The van der Waals surface area contributed by atoms with Gasteiger partial charge in [-0.2, -0.15) is 0 Å². The van der Waals surface area contributed by atoms with Gasteiger partial charge in [0.1, 0.15) is 11.8 Å². The zero-order valence-electron chi connectivity index (χ0n) is 24.7. The maximum absolute atomic E-state index is 12.8. The number of unbranched alkanes of at least 4 members (excludes halogenated alkanes) is 3. The predicted octanol–water partition coefficient (Wildman–Crippen LogP) is -2.01. The van der Waals surface area contributed by atoms with Gasteiger partial charge in [0, 0.05) is 44.3 Å². The minimum atomic E-state index is -1.04. The van der Waals surface area contributed by atoms with E-state index in [-0.39, 0.29) is 42.4 Å². The number of ketones is 1. The first-order valence-electron chi connectivity index (χ1n) is 13.8. The molecule has 0 bridgehead atoms. The van der Waals surface area contributed by atoms with Crippen LogP contribution in [0.25, 0.3) is 0 Å². The van der Waals surface area contributed by atoms with Crippen molar-refractivity contribution in [2.75, 3.05) is 19.6 Å². The van der Waals surface area contributed by atoms with Crippen molar-refractivity contribution in [2.24, 2.45) is 5.41 Å². The summed E-state index contributed by atoms with van der Waals surface area (Å²) in [4.78, 5) is 72.6. The Morgan fingerprint density at radius 2 is 1.21 bits per heavy atom. The summed E-state index contributed by atoms with van der Waals surface area (Å²) < 4.78 is 1.44. The third kappa shape index (κ3) is 18.8. The molecule has 15 heteroatoms. The summed E-state index contributed by atoms with van der Waals surface area (Å²) in [6, 6.07) is -1.22. The van der Waals surface area contributed by atoms with Crippen LogP contribution in [-0.2, 0) is 24.0 Å². The highest BCUT2D eigenvalue weighted by Gasteiger charge is 2.24. The Balaban J connectivity index is 4.69. The first-order chi connectivity index (χ1) is 18.3. The number of amides is 6. The van der Waals surface area contributed by atoms with Crippen LogP contribution in [0.15, 0.2) is 0 Å². The van der Waals surface area contributed by atoms with Crippen LogP contribution in [-0.4, -0.2) is 89.8 Å². The van der Waals surface area contributed by atoms with Crippen LogP contribution in [0.5, 0.6) is 0 Å². The number of urea groups is 1. The highest BCUT2D eigenvalue weighted by atomic mass is 16.2. The van der Waals surface area contributed by atoms with Gasteiger partial charge in [-0.3, -0.25) is 28.8 Å². The summed E-state index contributed by atoms with van der Waals surface area (Å²) in [5, 5.41) is 13.4. The zero-order valence-corrected chi connectivity index (χ0v) is 24.7. The van der Waals surface area contributed by atoms with E-state index < -0.39 is 17.4 Å². The second kappa shape index (κ2) is 20.0. The van der Waals surface area contributed by atoms with Gasteiger partial charge in [-0.25, -0.2) is 0 Å². The number of carbonyl (C=O) groups excluding carboxylic acids is 6. The fourth-order valence-electron chi connectivity index (χ4n) is 3.38. The van der Waals surface area contributed by atoms with Crippen LogP contribution in [0.3, 0.4) is 0 Å². The standard InChI is InChI=1S/C24H47B3N6O6/c1-24(2,3)18(34)10-4-5-11-19(35)31-17(22(38)29-14-7-6-12-20(36)32-25)16-21(37)28-13-8-9-15-30-23(39)33(26)27/h17H,4-16,25-27H2,1-3H3,(H,28,37)(H,29,38)(H,30,39)(H,31,35)(H,32,36)/t17-/m0/s1. The van der Waals surface area contributed by atoms with E-state index in [0.29, 0.717) is 71.0 Å². The Morgan fingerprint density at radius 3 is 1.79 bits per heavy atom. The minimum Gasteiger partial charge on any atom is -0.425 e. The van der Waals surface area contributed by atoms with Gasteiger partial charge in [0.15, 0.2) is 0 Å². The first-order valence-corrected chi connectivity index (χ1v) is 13.8. The highest BCUT2D eigenvalue weighted by Crippen LogP contribution is 2.18. The normalized spacial score (nSPS) is 11.6. The molecule has 0 aromatic carbocycles. The molecule has 0 saturated heterocycles. The predicted molar refractivity (Wildman–Crippen MR) is 158 cm³/mol. The molecule has 0 unspecified atom stereocenters. The lowest BCUT2D eigenvalue weighted by molar-refractivity contribution is -0.132. The van der Waals surface area contributed by atoms with Gasteiger partial charge in [-0.1, -0.05) is 20.8 Å². The summed E-state index contributed by atoms with van der Waals surface area (Å²) in [5.74, 6) is -1.14. The van der Waals surface area contributed by atoms with Crippen LogP contribution in [0, 0.1) is 5.41 Å². The van der Waals surface area contributed by atoms with E-state index in [1.807, 2.05) is 20.8 Å². The molecular formula is C24H47B3N6O6. The van der Waals surface area contributed by atoms with E-state index in [9.17, 15) is 28.8 Å². The van der Waals surface area contributed by atoms with Gasteiger partial charge in [0.05, 0.1) is 6.42 Å². The average Bonchev–Trinajstić information content (AvgIpc) is 2.86. The number of nitrogens with zero attached hydrogens (tertiary/aromatic N) is 1. The second-order valence-electron chi connectivity index (χ2n) is 10.8. The topological polar surface area (TPSA) is 166 Å². The molecule has 6 amide bonds. The molecule has 0 fully saturated rings. The molecule has 0 radical (unpaired) electrons. The third-order valence-electron chi connectivity index (χ3n) is 5.95. The lowest BCUT2D eigenvalue weighted by atomic mass is 9.88. The SMILES string of the molecule is BNC(=O)CCCCNC(=O)[C@H](CC(=O)NCCCCNC(=O)N(B)B)NC(=O)CCCCC(=O)C(C)(C)C. The molecule has 1 atom stereocenters. The Hall–Kier alpha value is -2.99. The van der Waals surface area contributed by atoms with Crippen molar-refractivity contribution in [1.82, 2.24) is 31.2 Å². The quantitative estimate of drug-likeness (QED) is 0.0925. The lowest BCUT2D eigenvalue weighted by Crippen LogP contribution is -2.49. The molecule has 12 nitrogen and oxygen atoms in total. The van der Waals surface area contributed by atoms with Gasteiger partial charge >= 0.3 is 0 Å². The van der Waals surface area contributed by atoms with E-state index in [1.54, 1.807) is 23.9 Å². The fourth-order valence-corrected chi connectivity index (χ4v) is 3.38. The Morgan fingerprint density at radius 1 is 0.692 bits per heavy atom. The Kier molecular flexibility index (Phi) is 18.5. The van der Waals surface area contributed by atoms with Crippen molar-refractivity contribution in [3.63, 3.8) is 0 Å². The molecule has 0 aliphatic carbocycles. The Bertz CT molecular complexity index is 823. The monoisotopic (exact) mass is 548 g/mol. The minimum absolute atomic E-state index is 0.0765. The fraction of sp³-hybridized carbons (Fsp3) is 0.750. The summed E-state index contributed by atoms with van der Waals surface area (Å²) in [7, 11) is 4.87. The molecule has 0 aromatic rings. The van der Waals surface area contributed by atoms with Crippen molar-refractivity contribution in [1.29, 1.82) is 0 Å². The molecule has 39 heavy (non-hydrogen) atoms. The van der Waals surface area contributed by atoms with Gasteiger partial charge in [0.2, 0.25) is 47.6 Å². The van der Waals surface area contributed by atoms with Crippen molar-refractivity contribution in [3.05, 3.63) is 0 Å². The molecule has 5 N–H and O–H groups in total. The maximum atomic E-state index is 12.8. The number of hydrogen-bond donors (Lipinski definition) is 5. The number of rotatable bonds is 19. The summed E-state index contributed by atoms with van der Waals surface area (Å²) >= 11 is 0. The van der Waals surface area contributed by atoms with Crippen LogP contribution in [0.4, 0.5) is 4.79 Å². The summed E-state index contributed by atoms with van der Waals surface area (Å²) in [6.45, 7) is 6.75. The molecule has 0 aliphatic rings. The molecule has 0 aliphatic heterocycles. The first kappa shape index (κ1) is 36.0. The van der Waals surface area contributed by atoms with Gasteiger partial charge in [0.25, 0.3) is 6.03 Å². The number of nitrogens with one attached hydrogen (secondary N) is 5. The van der Waals surface area contributed by atoms with Crippen LogP contribution in [0.2, 0.25) is 0 Å². The van der Waals surface area contributed by atoms with E-state index in [1.165, 1.54) is 4.72 Å². The van der Waals surface area contributed by atoms with Gasteiger partial charge in [-0.15, -0.1) is 0 Å². The van der Waals surface area contributed by atoms with Crippen LogP contribution < -0.4 is 26.5 Å². The number of Topliss-reactive ketones (excluding diaryl/α,β-unsaturated/α-hetero) is 1. The zero-order chi connectivity index (χ0) is 29.8. The third-order valence-corrected chi connectivity index (χ3v) is 5.95. The maximum Gasteiger partial charge on any atom is 0.292 e. The molecule has 0 saturated carbocycles. The summed E-state index contributed by atoms with van der Waals surface area (Å²) in [6.07, 6.45) is 4.24. The molecule has 0 spiro atoms. The van der Waals surface area contributed by atoms with Crippen molar-refractivity contribution >= 4 is 59.4 Å². The van der Waals surface area contributed by atoms with Crippen molar-refractivity contribution in [3.8, 4) is 0 Å². The van der Waals surface area contributed by atoms with Gasteiger partial charge in [-0.05, 0) is 38.5 Å². The van der Waals surface area contributed by atoms with Crippen molar-refractivity contribution < 1.29 is 28.8 Å². The van der Waals surface area contributed by atoms with Crippen LogP contribution >= 0.6 is 0 Å². The molecule has 0 rings (SSSR count). The average molecular weight is 548 g/mol. The van der Waals surface area contributed by atoms with E-state index in [4.69, 9.17) is 0 Å². The van der Waals surface area contributed by atoms with E-state index >= 15 is 0 Å². The Labute approximate surface area is 235 Å². The molecular weight excluding hydrogens is 501 g/mol. The second-order valence-corrected chi connectivity index (χ2v) is 10.8. The number of hydrogen-bond acceptors (Lipinski definition) is 6. The van der Waals surface area contributed by atoms with E-state index in [0.717, 1.165) is 0 Å². The van der Waals surface area contributed by atoms with Gasteiger partial charge < -0.3 is 31.2 Å². The summed E-state index contributed by atoms with van der Waals surface area (Å²) in [5.41, 5.74) is -0.417. The molecule has 0 aromatic heterocycles.